The third-order valence-electron chi connectivity index (χ3n) is 5.62. The molecule has 0 spiro atoms. The number of benzene rings is 3. The number of hydrogen-bond acceptors (Lipinski definition) is 5. The van der Waals surface area contributed by atoms with Crippen LogP contribution in [0.4, 0.5) is 11.4 Å². The maximum Gasteiger partial charge on any atom is 0.234 e. The molecule has 0 aliphatic carbocycles. The van der Waals surface area contributed by atoms with Gasteiger partial charge >= 0.3 is 0 Å². The van der Waals surface area contributed by atoms with Crippen LogP contribution in [-0.2, 0) is 22.6 Å². The van der Waals surface area contributed by atoms with E-state index >= 15 is 0 Å². The summed E-state index contributed by atoms with van der Waals surface area (Å²) in [5, 5.41) is 17.0. The van der Waals surface area contributed by atoms with Crippen LogP contribution < -0.4 is 10.6 Å². The first-order valence-corrected chi connectivity index (χ1v) is 12.1. The molecule has 0 radical (unpaired) electrons. The Morgan fingerprint density at radius 2 is 1.71 bits per heavy atom. The smallest absolute Gasteiger partial charge is 0.234 e. The summed E-state index contributed by atoms with van der Waals surface area (Å²) < 4.78 is 1.87. The average Bonchev–Trinajstić information content (AvgIpc) is 3.21. The van der Waals surface area contributed by atoms with Gasteiger partial charge in [0.15, 0.2) is 5.16 Å². The molecule has 1 aromatic heterocycles. The molecule has 7 nitrogen and oxygen atoms in total. The van der Waals surface area contributed by atoms with Gasteiger partial charge in [0, 0.05) is 23.3 Å². The number of nitrogens with one attached hydrogen (secondary N) is 2. The third kappa shape index (κ3) is 5.46. The van der Waals surface area contributed by atoms with E-state index in [-0.39, 0.29) is 24.0 Å². The number of fused-ring (bicyclic) bond motifs is 1. The minimum atomic E-state index is -0.157. The Bertz CT molecular complexity index is 1340. The molecule has 174 valence electrons. The van der Waals surface area contributed by atoms with Crippen molar-refractivity contribution < 1.29 is 9.59 Å². The van der Waals surface area contributed by atoms with Crippen molar-refractivity contribution >= 4 is 45.7 Å². The zero-order valence-electron chi connectivity index (χ0n) is 19.5. The number of carbonyl (C=O) groups is 2. The van der Waals surface area contributed by atoms with Gasteiger partial charge < -0.3 is 15.2 Å². The first-order chi connectivity index (χ1) is 16.4. The highest BCUT2D eigenvalue weighted by Gasteiger charge is 2.16. The first kappa shape index (κ1) is 23.5. The molecule has 0 atom stereocenters. The van der Waals surface area contributed by atoms with Crippen LogP contribution in [-0.4, -0.2) is 32.3 Å². The molecular weight excluding hydrogens is 446 g/mol. The number of nitrogens with zero attached hydrogens (tertiary/aromatic N) is 3. The van der Waals surface area contributed by atoms with E-state index in [1.165, 1.54) is 17.3 Å². The van der Waals surface area contributed by atoms with Gasteiger partial charge in [0.1, 0.15) is 5.82 Å². The van der Waals surface area contributed by atoms with Crippen LogP contribution in [0.25, 0.3) is 10.8 Å². The molecule has 1 heterocycles. The lowest BCUT2D eigenvalue weighted by Crippen LogP contribution is -2.18. The fraction of sp³-hybridized carbons (Fsp3) is 0.231. The standard InChI is InChI=1S/C26H27N5O2S/c1-4-31-23(15-24(32)27-20-13-12-17(2)18(3)14-20)29-30-26(31)34-16-25(33)28-22-11-7-9-19-8-5-6-10-21(19)22/h5-14H,4,15-16H2,1-3H3,(H,27,32)(H,28,33). The molecular formula is C26H27N5O2S. The summed E-state index contributed by atoms with van der Waals surface area (Å²) in [7, 11) is 0. The molecule has 3 aromatic carbocycles. The van der Waals surface area contributed by atoms with E-state index in [1.54, 1.807) is 0 Å². The Kier molecular flexibility index (Phi) is 7.27. The Morgan fingerprint density at radius 1 is 0.912 bits per heavy atom. The highest BCUT2D eigenvalue weighted by Crippen LogP contribution is 2.24. The summed E-state index contributed by atoms with van der Waals surface area (Å²) in [6, 6.07) is 19.6. The molecule has 0 aliphatic heterocycles. The Morgan fingerprint density at radius 3 is 2.50 bits per heavy atom. The van der Waals surface area contributed by atoms with Crippen molar-refractivity contribution in [1.82, 2.24) is 14.8 Å². The number of anilines is 2. The fourth-order valence-electron chi connectivity index (χ4n) is 3.69. The predicted molar refractivity (Wildman–Crippen MR) is 137 cm³/mol. The minimum Gasteiger partial charge on any atom is -0.326 e. The lowest BCUT2D eigenvalue weighted by molar-refractivity contribution is -0.116. The molecule has 34 heavy (non-hydrogen) atoms. The summed E-state index contributed by atoms with van der Waals surface area (Å²) in [6.07, 6.45) is 0.108. The lowest BCUT2D eigenvalue weighted by Gasteiger charge is -2.10. The van der Waals surface area contributed by atoms with Crippen LogP contribution in [0.15, 0.2) is 65.8 Å². The normalized spacial score (nSPS) is 10.9. The minimum absolute atomic E-state index is 0.108. The van der Waals surface area contributed by atoms with Gasteiger partial charge in [0.25, 0.3) is 0 Å². The van der Waals surface area contributed by atoms with Gasteiger partial charge in [0.2, 0.25) is 11.8 Å². The van der Waals surface area contributed by atoms with E-state index in [4.69, 9.17) is 0 Å². The summed E-state index contributed by atoms with van der Waals surface area (Å²) >= 11 is 1.31. The van der Waals surface area contributed by atoms with Crippen molar-refractivity contribution in [2.75, 3.05) is 16.4 Å². The molecule has 4 aromatic rings. The number of hydrogen-bond donors (Lipinski definition) is 2. The van der Waals surface area contributed by atoms with Gasteiger partial charge in [-0.2, -0.15) is 0 Å². The Balaban J connectivity index is 1.37. The second-order valence-electron chi connectivity index (χ2n) is 8.03. The highest BCUT2D eigenvalue weighted by molar-refractivity contribution is 7.99. The molecule has 8 heteroatoms. The van der Waals surface area contributed by atoms with Gasteiger partial charge in [-0.1, -0.05) is 54.2 Å². The third-order valence-corrected chi connectivity index (χ3v) is 6.58. The van der Waals surface area contributed by atoms with Crippen LogP contribution >= 0.6 is 11.8 Å². The van der Waals surface area contributed by atoms with Crippen molar-refractivity contribution in [2.45, 2.75) is 38.9 Å². The summed E-state index contributed by atoms with van der Waals surface area (Å²) in [4.78, 5) is 25.2. The predicted octanol–water partition coefficient (Wildman–Crippen LogP) is 4.98. The zero-order chi connectivity index (χ0) is 24.1. The summed E-state index contributed by atoms with van der Waals surface area (Å²) in [6.45, 7) is 6.62. The SMILES string of the molecule is CCn1c(CC(=O)Nc2ccc(C)c(C)c2)nnc1SCC(=O)Nc1cccc2ccccc12. The van der Waals surface area contributed by atoms with Gasteiger partial charge in [-0.05, 0) is 55.5 Å². The molecule has 0 unspecified atom stereocenters. The van der Waals surface area contributed by atoms with Crippen molar-refractivity contribution in [2.24, 2.45) is 0 Å². The largest absolute Gasteiger partial charge is 0.326 e. The van der Waals surface area contributed by atoms with Crippen molar-refractivity contribution in [3.63, 3.8) is 0 Å². The number of aromatic nitrogens is 3. The van der Waals surface area contributed by atoms with Gasteiger partial charge in [-0.25, -0.2) is 0 Å². The fourth-order valence-corrected chi connectivity index (χ4v) is 4.51. The van der Waals surface area contributed by atoms with E-state index in [9.17, 15) is 9.59 Å². The van der Waals surface area contributed by atoms with Crippen LogP contribution in [0.2, 0.25) is 0 Å². The van der Waals surface area contributed by atoms with Crippen LogP contribution in [0.3, 0.4) is 0 Å². The molecule has 2 amide bonds. The van der Waals surface area contributed by atoms with Gasteiger partial charge in [0.05, 0.1) is 12.2 Å². The molecule has 4 rings (SSSR count). The second kappa shape index (κ2) is 10.5. The van der Waals surface area contributed by atoms with E-state index in [0.29, 0.717) is 17.5 Å². The molecule has 0 aliphatic rings. The lowest BCUT2D eigenvalue weighted by atomic mass is 10.1. The van der Waals surface area contributed by atoms with Gasteiger partial charge in [-0.15, -0.1) is 10.2 Å². The number of carbonyl (C=O) groups excluding carboxylic acids is 2. The number of thioether (sulfide) groups is 1. The molecule has 2 N–H and O–H groups in total. The van der Waals surface area contributed by atoms with E-state index in [0.717, 1.165) is 27.7 Å². The topological polar surface area (TPSA) is 88.9 Å². The van der Waals surface area contributed by atoms with Crippen molar-refractivity contribution in [3.8, 4) is 0 Å². The molecule has 0 saturated heterocycles. The number of rotatable bonds is 8. The van der Waals surface area contributed by atoms with Gasteiger partial charge in [-0.3, -0.25) is 9.59 Å². The maximum atomic E-state index is 12.6. The van der Waals surface area contributed by atoms with Crippen LogP contribution in [0.1, 0.15) is 23.9 Å². The van der Waals surface area contributed by atoms with Crippen LogP contribution in [0, 0.1) is 13.8 Å². The average molecular weight is 474 g/mol. The quantitative estimate of drug-likeness (QED) is 0.352. The zero-order valence-corrected chi connectivity index (χ0v) is 20.3. The summed E-state index contributed by atoms with van der Waals surface area (Å²) in [5.41, 5.74) is 3.84. The molecule has 0 fully saturated rings. The summed E-state index contributed by atoms with van der Waals surface area (Å²) in [5.74, 6) is 0.480. The second-order valence-corrected chi connectivity index (χ2v) is 8.97. The number of aryl methyl sites for hydroxylation is 2. The van der Waals surface area contributed by atoms with E-state index in [2.05, 4.69) is 20.8 Å². The van der Waals surface area contributed by atoms with Crippen molar-refractivity contribution in [1.29, 1.82) is 0 Å². The molecule has 0 saturated carbocycles. The number of amides is 2. The van der Waals surface area contributed by atoms with Crippen LogP contribution in [0.5, 0.6) is 0 Å². The maximum absolute atomic E-state index is 12.6. The van der Waals surface area contributed by atoms with Crippen molar-refractivity contribution in [3.05, 3.63) is 77.6 Å². The highest BCUT2D eigenvalue weighted by atomic mass is 32.2. The molecule has 0 bridgehead atoms. The monoisotopic (exact) mass is 473 g/mol. The Hall–Kier alpha value is -3.65. The van der Waals surface area contributed by atoms with E-state index < -0.39 is 0 Å². The first-order valence-electron chi connectivity index (χ1n) is 11.1. The Labute approximate surface area is 203 Å². The van der Waals surface area contributed by atoms with E-state index in [1.807, 2.05) is 86.0 Å².